The highest BCUT2D eigenvalue weighted by Crippen LogP contribution is 2.16. The Kier molecular flexibility index (Phi) is 2.25. The average Bonchev–Trinajstić information content (AvgIpc) is 2.27. The largest absolute Gasteiger partial charge is 0.465 e. The van der Waals surface area contributed by atoms with Gasteiger partial charge in [-0.25, -0.2) is 4.79 Å². The van der Waals surface area contributed by atoms with Gasteiger partial charge < -0.3 is 10.5 Å². The Hall–Kier alpha value is -2.10. The Labute approximate surface area is 86.7 Å². The minimum absolute atomic E-state index is 0.365. The zero-order chi connectivity index (χ0) is 10.8. The first-order valence-corrected chi connectivity index (χ1v) is 4.44. The minimum atomic E-state index is -0.365. The number of nitrogen functional groups attached to an aromatic ring is 1. The number of carbonyl (C=O) groups excluding carboxylic acids is 1. The fourth-order valence-electron chi connectivity index (χ4n) is 1.38. The van der Waals surface area contributed by atoms with Crippen molar-refractivity contribution in [1.29, 1.82) is 0 Å². The van der Waals surface area contributed by atoms with Gasteiger partial charge in [-0.15, -0.1) is 0 Å². The fraction of sp³-hybridized carbons (Fsp3) is 0.0909. The molecule has 4 nitrogen and oxygen atoms in total. The summed E-state index contributed by atoms with van der Waals surface area (Å²) in [5.74, 6) is -0.365. The molecule has 0 unspecified atom stereocenters. The maximum atomic E-state index is 11.2. The van der Waals surface area contributed by atoms with Crippen molar-refractivity contribution in [3.05, 3.63) is 36.0 Å². The lowest BCUT2D eigenvalue weighted by Crippen LogP contribution is -2.00. The molecule has 0 fully saturated rings. The number of methoxy groups -OCH3 is 1. The molecule has 1 heterocycles. The predicted octanol–water partition coefficient (Wildman–Crippen LogP) is 1.60. The topological polar surface area (TPSA) is 65.2 Å². The van der Waals surface area contributed by atoms with E-state index < -0.39 is 0 Å². The van der Waals surface area contributed by atoms with Crippen molar-refractivity contribution in [3.63, 3.8) is 0 Å². The minimum Gasteiger partial charge on any atom is -0.465 e. The van der Waals surface area contributed by atoms with Gasteiger partial charge in [0, 0.05) is 5.39 Å². The molecular weight excluding hydrogens is 192 g/mol. The highest BCUT2D eigenvalue weighted by Gasteiger charge is 2.06. The summed E-state index contributed by atoms with van der Waals surface area (Å²) >= 11 is 0. The standard InChI is InChI=1S/C11H10N2O2/c1-15-11(14)8-3-2-7-4-9(12)6-13-10(7)5-8/h2-6H,12H2,1H3. The van der Waals surface area contributed by atoms with Crippen LogP contribution in [0.15, 0.2) is 30.5 Å². The third kappa shape index (κ3) is 1.74. The van der Waals surface area contributed by atoms with Crippen molar-refractivity contribution in [1.82, 2.24) is 4.98 Å². The van der Waals surface area contributed by atoms with E-state index in [2.05, 4.69) is 9.72 Å². The molecule has 0 saturated heterocycles. The van der Waals surface area contributed by atoms with Crippen LogP contribution in [0.5, 0.6) is 0 Å². The van der Waals surface area contributed by atoms with Crippen LogP contribution >= 0.6 is 0 Å². The highest BCUT2D eigenvalue weighted by atomic mass is 16.5. The molecule has 0 aliphatic heterocycles. The van der Waals surface area contributed by atoms with E-state index in [1.54, 1.807) is 24.4 Å². The van der Waals surface area contributed by atoms with Gasteiger partial charge in [-0.2, -0.15) is 0 Å². The summed E-state index contributed by atoms with van der Waals surface area (Å²) in [7, 11) is 1.35. The molecule has 1 aromatic heterocycles. The number of carbonyl (C=O) groups is 1. The number of fused-ring (bicyclic) bond motifs is 1. The summed E-state index contributed by atoms with van der Waals surface area (Å²) in [4.78, 5) is 15.4. The maximum absolute atomic E-state index is 11.2. The van der Waals surface area contributed by atoms with Crippen molar-refractivity contribution in [2.45, 2.75) is 0 Å². The molecule has 0 aliphatic carbocycles. The Morgan fingerprint density at radius 2 is 2.20 bits per heavy atom. The fourth-order valence-corrected chi connectivity index (χ4v) is 1.38. The number of benzene rings is 1. The highest BCUT2D eigenvalue weighted by molar-refractivity contribution is 5.94. The molecule has 0 atom stereocenters. The second-order valence-electron chi connectivity index (χ2n) is 3.17. The van der Waals surface area contributed by atoms with E-state index in [1.807, 2.05) is 6.07 Å². The van der Waals surface area contributed by atoms with Gasteiger partial charge in [0.05, 0.1) is 30.1 Å². The molecule has 15 heavy (non-hydrogen) atoms. The van der Waals surface area contributed by atoms with Crippen LogP contribution in [0.2, 0.25) is 0 Å². The van der Waals surface area contributed by atoms with E-state index in [9.17, 15) is 4.79 Å². The molecule has 4 heteroatoms. The molecular formula is C11H10N2O2. The van der Waals surface area contributed by atoms with Gasteiger partial charge >= 0.3 is 5.97 Å². The second kappa shape index (κ2) is 3.57. The first-order valence-electron chi connectivity index (χ1n) is 4.44. The number of nitrogens with two attached hydrogens (primary N) is 1. The molecule has 0 aliphatic rings. The second-order valence-corrected chi connectivity index (χ2v) is 3.17. The van der Waals surface area contributed by atoms with Gasteiger partial charge in [0.15, 0.2) is 0 Å². The molecule has 2 rings (SSSR count). The van der Waals surface area contributed by atoms with E-state index in [-0.39, 0.29) is 5.97 Å². The number of ether oxygens (including phenoxy) is 1. The van der Waals surface area contributed by atoms with E-state index in [0.717, 1.165) is 10.9 Å². The van der Waals surface area contributed by atoms with Crippen LogP contribution < -0.4 is 5.73 Å². The van der Waals surface area contributed by atoms with Gasteiger partial charge in [-0.3, -0.25) is 4.98 Å². The maximum Gasteiger partial charge on any atom is 0.337 e. The van der Waals surface area contributed by atoms with Crippen molar-refractivity contribution < 1.29 is 9.53 Å². The van der Waals surface area contributed by atoms with Crippen LogP contribution in [0.25, 0.3) is 10.9 Å². The van der Waals surface area contributed by atoms with E-state index in [0.29, 0.717) is 11.3 Å². The predicted molar refractivity (Wildman–Crippen MR) is 57.5 cm³/mol. The summed E-state index contributed by atoms with van der Waals surface area (Å²) in [5.41, 5.74) is 7.42. The van der Waals surface area contributed by atoms with Crippen molar-refractivity contribution in [2.24, 2.45) is 0 Å². The molecule has 76 valence electrons. The SMILES string of the molecule is COC(=O)c1ccc2cc(N)cnc2c1. The lowest BCUT2D eigenvalue weighted by Gasteiger charge is -2.01. The Balaban J connectivity index is 2.57. The van der Waals surface area contributed by atoms with Crippen LogP contribution in [0.4, 0.5) is 5.69 Å². The van der Waals surface area contributed by atoms with Crippen molar-refractivity contribution in [3.8, 4) is 0 Å². The summed E-state index contributed by atoms with van der Waals surface area (Å²) in [6.45, 7) is 0. The molecule has 1 aromatic carbocycles. The Bertz CT molecular complexity index is 523. The molecule has 2 aromatic rings. The first kappa shape index (κ1) is 9.45. The molecule has 0 radical (unpaired) electrons. The number of aromatic nitrogens is 1. The van der Waals surface area contributed by atoms with E-state index in [4.69, 9.17) is 5.73 Å². The monoisotopic (exact) mass is 202 g/mol. The van der Waals surface area contributed by atoms with Crippen LogP contribution in [-0.4, -0.2) is 18.1 Å². The third-order valence-corrected chi connectivity index (χ3v) is 2.13. The van der Waals surface area contributed by atoms with E-state index >= 15 is 0 Å². The van der Waals surface area contributed by atoms with Crippen LogP contribution in [0.3, 0.4) is 0 Å². The number of hydrogen-bond acceptors (Lipinski definition) is 4. The quantitative estimate of drug-likeness (QED) is 0.713. The lowest BCUT2D eigenvalue weighted by molar-refractivity contribution is 0.0601. The third-order valence-electron chi connectivity index (χ3n) is 2.13. The zero-order valence-electron chi connectivity index (χ0n) is 8.23. The Morgan fingerprint density at radius 1 is 1.40 bits per heavy atom. The van der Waals surface area contributed by atoms with Crippen molar-refractivity contribution >= 4 is 22.6 Å². The van der Waals surface area contributed by atoms with Gasteiger partial charge in [0.1, 0.15) is 0 Å². The number of nitrogens with zero attached hydrogens (tertiary/aromatic N) is 1. The van der Waals surface area contributed by atoms with Gasteiger partial charge in [-0.1, -0.05) is 6.07 Å². The van der Waals surface area contributed by atoms with Gasteiger partial charge in [0.2, 0.25) is 0 Å². The summed E-state index contributed by atoms with van der Waals surface area (Å²) in [6, 6.07) is 6.98. The smallest absolute Gasteiger partial charge is 0.337 e. The molecule has 0 amide bonds. The van der Waals surface area contributed by atoms with Crippen LogP contribution in [0.1, 0.15) is 10.4 Å². The summed E-state index contributed by atoms with van der Waals surface area (Å²) in [6.07, 6.45) is 1.56. The van der Waals surface area contributed by atoms with Gasteiger partial charge in [0.25, 0.3) is 0 Å². The molecule has 2 N–H and O–H groups in total. The Morgan fingerprint density at radius 3 is 2.93 bits per heavy atom. The van der Waals surface area contributed by atoms with E-state index in [1.165, 1.54) is 7.11 Å². The number of rotatable bonds is 1. The molecule has 0 bridgehead atoms. The first-order chi connectivity index (χ1) is 7.20. The summed E-state index contributed by atoms with van der Waals surface area (Å²) < 4.78 is 4.62. The van der Waals surface area contributed by atoms with Crippen LogP contribution in [-0.2, 0) is 4.74 Å². The van der Waals surface area contributed by atoms with Gasteiger partial charge in [-0.05, 0) is 18.2 Å². The lowest BCUT2D eigenvalue weighted by atomic mass is 10.1. The van der Waals surface area contributed by atoms with Crippen molar-refractivity contribution in [2.75, 3.05) is 12.8 Å². The summed E-state index contributed by atoms with van der Waals surface area (Å²) in [5, 5.41) is 0.905. The van der Waals surface area contributed by atoms with Crippen LogP contribution in [0, 0.1) is 0 Å². The number of anilines is 1. The normalized spacial score (nSPS) is 10.2. The number of pyridine rings is 1. The average molecular weight is 202 g/mol. The number of esters is 1. The number of hydrogen-bond donors (Lipinski definition) is 1. The zero-order valence-corrected chi connectivity index (χ0v) is 8.23. The molecule has 0 saturated carbocycles. The molecule has 0 spiro atoms.